The van der Waals surface area contributed by atoms with Gasteiger partial charge in [-0.2, -0.15) is 0 Å². The number of carbonyl (C=O) groups is 1. The molecule has 2 heterocycles. The molecule has 2 fully saturated rings. The Kier molecular flexibility index (Phi) is 6.10. The van der Waals surface area contributed by atoms with Crippen molar-refractivity contribution >= 4 is 11.6 Å². The Morgan fingerprint density at radius 3 is 2.60 bits per heavy atom. The van der Waals surface area contributed by atoms with Crippen LogP contribution in [0.25, 0.3) is 0 Å². The number of carbonyl (C=O) groups excluding carboxylic acids is 1. The second kappa shape index (κ2) is 8.30. The Hall–Kier alpha value is -1.43. The van der Waals surface area contributed by atoms with Gasteiger partial charge in [-0.15, -0.1) is 0 Å². The number of nitrogens with one attached hydrogen (secondary N) is 2. The molecule has 1 amide bonds. The molecule has 1 aromatic carbocycles. The summed E-state index contributed by atoms with van der Waals surface area (Å²) < 4.78 is 0. The number of benzene rings is 1. The van der Waals surface area contributed by atoms with Crippen molar-refractivity contribution in [2.45, 2.75) is 26.7 Å². The van der Waals surface area contributed by atoms with E-state index in [1.807, 2.05) is 18.2 Å². The molecule has 0 saturated carbocycles. The highest BCUT2D eigenvalue weighted by Crippen LogP contribution is 2.26. The molecule has 2 aliphatic rings. The van der Waals surface area contributed by atoms with Crippen molar-refractivity contribution in [2.24, 2.45) is 5.41 Å². The standard InChI is InChI=1S/C20H32N4O/c1-3-17-6-4-5-7-18(17)22-19(25)14-23-10-12-24(13-11-23)16-20(2)8-9-21-15-20/h4-7,21H,3,8-16H2,1-2H3,(H,22,25). The number of anilines is 1. The van der Waals surface area contributed by atoms with Crippen LogP contribution in [0.2, 0.25) is 0 Å². The zero-order valence-electron chi connectivity index (χ0n) is 15.7. The summed E-state index contributed by atoms with van der Waals surface area (Å²) in [5.41, 5.74) is 2.57. The summed E-state index contributed by atoms with van der Waals surface area (Å²) >= 11 is 0. The number of amides is 1. The summed E-state index contributed by atoms with van der Waals surface area (Å²) in [5, 5.41) is 6.56. The SMILES string of the molecule is CCc1ccccc1NC(=O)CN1CCN(CC2(C)CCNC2)CC1. The fourth-order valence-electron chi connectivity index (χ4n) is 3.99. The molecule has 3 rings (SSSR count). The van der Waals surface area contributed by atoms with Crippen molar-refractivity contribution < 1.29 is 4.79 Å². The Balaban J connectivity index is 1.43. The normalized spacial score (nSPS) is 25.2. The van der Waals surface area contributed by atoms with Gasteiger partial charge in [-0.1, -0.05) is 32.0 Å². The van der Waals surface area contributed by atoms with E-state index in [1.54, 1.807) is 0 Å². The number of nitrogens with zero attached hydrogens (tertiary/aromatic N) is 2. The molecule has 1 aromatic rings. The first-order chi connectivity index (χ1) is 12.1. The van der Waals surface area contributed by atoms with Gasteiger partial charge in [-0.3, -0.25) is 9.69 Å². The lowest BCUT2D eigenvalue weighted by Crippen LogP contribution is -2.51. The number of aryl methyl sites for hydroxylation is 1. The lowest BCUT2D eigenvalue weighted by molar-refractivity contribution is -0.117. The molecular weight excluding hydrogens is 312 g/mol. The zero-order valence-corrected chi connectivity index (χ0v) is 15.7. The molecular formula is C20H32N4O. The lowest BCUT2D eigenvalue weighted by Gasteiger charge is -2.38. The van der Waals surface area contributed by atoms with Crippen LogP contribution in [0.15, 0.2) is 24.3 Å². The Morgan fingerprint density at radius 2 is 1.92 bits per heavy atom. The topological polar surface area (TPSA) is 47.6 Å². The van der Waals surface area contributed by atoms with Crippen LogP contribution in [0.4, 0.5) is 5.69 Å². The van der Waals surface area contributed by atoms with Gasteiger partial charge in [-0.05, 0) is 36.4 Å². The van der Waals surface area contributed by atoms with Crippen LogP contribution in [-0.2, 0) is 11.2 Å². The van der Waals surface area contributed by atoms with E-state index in [1.165, 1.54) is 18.5 Å². The first-order valence-corrected chi connectivity index (χ1v) is 9.61. The predicted molar refractivity (Wildman–Crippen MR) is 103 cm³/mol. The van der Waals surface area contributed by atoms with E-state index in [0.717, 1.165) is 51.4 Å². The van der Waals surface area contributed by atoms with E-state index in [9.17, 15) is 4.79 Å². The third-order valence-electron chi connectivity index (χ3n) is 5.57. The number of rotatable bonds is 6. The zero-order chi connectivity index (χ0) is 17.7. The second-order valence-corrected chi connectivity index (χ2v) is 7.85. The summed E-state index contributed by atoms with van der Waals surface area (Å²) in [6.45, 7) is 12.5. The minimum atomic E-state index is 0.0984. The monoisotopic (exact) mass is 344 g/mol. The van der Waals surface area contributed by atoms with Crippen LogP contribution in [0.1, 0.15) is 25.8 Å². The van der Waals surface area contributed by atoms with Gasteiger partial charge in [0.1, 0.15) is 0 Å². The van der Waals surface area contributed by atoms with Gasteiger partial charge in [0.15, 0.2) is 0 Å². The molecule has 0 spiro atoms. The van der Waals surface area contributed by atoms with E-state index in [-0.39, 0.29) is 5.91 Å². The van der Waals surface area contributed by atoms with Crippen LogP contribution >= 0.6 is 0 Å². The first kappa shape index (κ1) is 18.4. The molecule has 2 aliphatic heterocycles. The lowest BCUT2D eigenvalue weighted by atomic mass is 9.89. The minimum Gasteiger partial charge on any atom is -0.325 e. The molecule has 2 N–H and O–H groups in total. The molecule has 25 heavy (non-hydrogen) atoms. The highest BCUT2D eigenvalue weighted by Gasteiger charge is 2.31. The molecule has 0 bridgehead atoms. The Labute approximate surface area is 151 Å². The molecule has 5 heteroatoms. The average molecular weight is 345 g/mol. The van der Waals surface area contributed by atoms with E-state index in [2.05, 4.69) is 40.3 Å². The predicted octanol–water partition coefficient (Wildman–Crippen LogP) is 1.80. The van der Waals surface area contributed by atoms with Crippen LogP contribution in [-0.4, -0.2) is 68.1 Å². The molecule has 5 nitrogen and oxygen atoms in total. The summed E-state index contributed by atoms with van der Waals surface area (Å²) in [4.78, 5) is 17.2. The smallest absolute Gasteiger partial charge is 0.238 e. The number of piperazine rings is 1. The molecule has 1 unspecified atom stereocenters. The molecule has 0 aromatic heterocycles. The average Bonchev–Trinajstić information content (AvgIpc) is 3.03. The van der Waals surface area contributed by atoms with Crippen molar-refractivity contribution in [2.75, 3.05) is 57.7 Å². The van der Waals surface area contributed by atoms with Crippen molar-refractivity contribution in [3.63, 3.8) is 0 Å². The van der Waals surface area contributed by atoms with Gasteiger partial charge < -0.3 is 15.5 Å². The summed E-state index contributed by atoms with van der Waals surface area (Å²) in [6.07, 6.45) is 2.20. The number of hydrogen-bond donors (Lipinski definition) is 2. The maximum absolute atomic E-state index is 12.4. The first-order valence-electron chi connectivity index (χ1n) is 9.61. The van der Waals surface area contributed by atoms with E-state index in [0.29, 0.717) is 12.0 Å². The molecule has 0 radical (unpaired) electrons. The Bertz CT molecular complexity index is 575. The largest absolute Gasteiger partial charge is 0.325 e. The third kappa shape index (κ3) is 5.03. The van der Waals surface area contributed by atoms with Gasteiger partial charge in [-0.25, -0.2) is 0 Å². The van der Waals surface area contributed by atoms with Gasteiger partial charge in [0.05, 0.1) is 6.54 Å². The molecule has 2 saturated heterocycles. The van der Waals surface area contributed by atoms with Crippen molar-refractivity contribution in [1.82, 2.24) is 15.1 Å². The van der Waals surface area contributed by atoms with Crippen LogP contribution in [0.3, 0.4) is 0 Å². The summed E-state index contributed by atoms with van der Waals surface area (Å²) in [5.74, 6) is 0.0984. The van der Waals surface area contributed by atoms with Crippen molar-refractivity contribution in [3.8, 4) is 0 Å². The van der Waals surface area contributed by atoms with Gasteiger partial charge in [0, 0.05) is 45.0 Å². The third-order valence-corrected chi connectivity index (χ3v) is 5.57. The maximum Gasteiger partial charge on any atom is 0.238 e. The molecule has 1 atom stereocenters. The van der Waals surface area contributed by atoms with Crippen molar-refractivity contribution in [3.05, 3.63) is 29.8 Å². The minimum absolute atomic E-state index is 0.0984. The highest BCUT2D eigenvalue weighted by molar-refractivity contribution is 5.93. The van der Waals surface area contributed by atoms with Crippen LogP contribution in [0.5, 0.6) is 0 Å². The fourth-order valence-corrected chi connectivity index (χ4v) is 3.99. The van der Waals surface area contributed by atoms with Gasteiger partial charge in [0.2, 0.25) is 5.91 Å². The maximum atomic E-state index is 12.4. The quantitative estimate of drug-likeness (QED) is 0.826. The Morgan fingerprint density at radius 1 is 1.20 bits per heavy atom. The number of hydrogen-bond acceptors (Lipinski definition) is 4. The van der Waals surface area contributed by atoms with Crippen LogP contribution in [0, 0.1) is 5.41 Å². The molecule has 138 valence electrons. The highest BCUT2D eigenvalue weighted by atomic mass is 16.2. The van der Waals surface area contributed by atoms with E-state index < -0.39 is 0 Å². The summed E-state index contributed by atoms with van der Waals surface area (Å²) in [6, 6.07) is 8.07. The van der Waals surface area contributed by atoms with Gasteiger partial charge >= 0.3 is 0 Å². The van der Waals surface area contributed by atoms with E-state index >= 15 is 0 Å². The molecule has 0 aliphatic carbocycles. The van der Waals surface area contributed by atoms with Crippen molar-refractivity contribution in [1.29, 1.82) is 0 Å². The summed E-state index contributed by atoms with van der Waals surface area (Å²) in [7, 11) is 0. The fraction of sp³-hybridized carbons (Fsp3) is 0.650. The second-order valence-electron chi connectivity index (χ2n) is 7.85. The van der Waals surface area contributed by atoms with Gasteiger partial charge in [0.25, 0.3) is 0 Å². The number of para-hydroxylation sites is 1. The van der Waals surface area contributed by atoms with E-state index in [4.69, 9.17) is 0 Å². The van der Waals surface area contributed by atoms with Crippen LogP contribution < -0.4 is 10.6 Å².